The molecule has 1 aromatic carbocycles. The Morgan fingerprint density at radius 1 is 0.833 bits per heavy atom. The van der Waals surface area contributed by atoms with Crippen molar-refractivity contribution in [1.82, 2.24) is 15.0 Å². The molecule has 160 valence electrons. The van der Waals surface area contributed by atoms with E-state index in [1.54, 1.807) is 18.3 Å². The van der Waals surface area contributed by atoms with Crippen molar-refractivity contribution in [3.05, 3.63) is 26.6 Å². The summed E-state index contributed by atoms with van der Waals surface area (Å²) in [6.07, 6.45) is 8.83. The van der Waals surface area contributed by atoms with Crippen molar-refractivity contribution in [3.8, 4) is 5.75 Å². The molecule has 0 radical (unpaired) electrons. The number of nitrogens with zero attached hydrogens (tertiary/aromatic N) is 6. The van der Waals surface area contributed by atoms with Gasteiger partial charge in [-0.1, -0.05) is 0 Å². The van der Waals surface area contributed by atoms with Crippen LogP contribution in [0.3, 0.4) is 0 Å². The first kappa shape index (κ1) is 21.3. The van der Waals surface area contributed by atoms with E-state index < -0.39 is 0 Å². The van der Waals surface area contributed by atoms with E-state index in [2.05, 4.69) is 62.2 Å². The third-order valence-corrected chi connectivity index (χ3v) is 6.52. The maximum absolute atomic E-state index is 9.85. The van der Waals surface area contributed by atoms with Gasteiger partial charge in [-0.25, -0.2) is 5.43 Å². The number of anilines is 3. The van der Waals surface area contributed by atoms with E-state index in [0.29, 0.717) is 14.9 Å². The molecule has 2 aliphatic heterocycles. The lowest BCUT2D eigenvalue weighted by Crippen LogP contribution is -2.34. The maximum atomic E-state index is 9.85. The van der Waals surface area contributed by atoms with Crippen LogP contribution in [-0.2, 0) is 0 Å². The maximum Gasteiger partial charge on any atom is 0.250 e. The van der Waals surface area contributed by atoms with Gasteiger partial charge in [-0.05, 0) is 88.1 Å². The van der Waals surface area contributed by atoms with Crippen molar-refractivity contribution in [2.75, 3.05) is 41.4 Å². The number of nitrogens with one attached hydrogen (secondary N) is 1. The number of halogens is 2. The molecular formula is C20H25Br2N7O. The molecule has 0 unspecified atom stereocenters. The highest BCUT2D eigenvalue weighted by Crippen LogP contribution is 2.32. The Morgan fingerprint density at radius 2 is 1.33 bits per heavy atom. The molecule has 0 bridgehead atoms. The summed E-state index contributed by atoms with van der Waals surface area (Å²) in [6.45, 7) is 3.90. The number of aromatic nitrogens is 3. The second-order valence-electron chi connectivity index (χ2n) is 7.56. The molecule has 2 saturated heterocycles. The Labute approximate surface area is 193 Å². The Hall–Kier alpha value is -1.94. The second kappa shape index (κ2) is 9.91. The number of phenols is 1. The third-order valence-electron chi connectivity index (χ3n) is 5.31. The molecule has 1 aromatic heterocycles. The van der Waals surface area contributed by atoms with Gasteiger partial charge in [-0.3, -0.25) is 0 Å². The molecule has 2 aliphatic rings. The van der Waals surface area contributed by atoms with Crippen LogP contribution in [0.2, 0.25) is 0 Å². The first-order valence-electron chi connectivity index (χ1n) is 10.3. The van der Waals surface area contributed by atoms with E-state index in [-0.39, 0.29) is 5.75 Å². The van der Waals surface area contributed by atoms with Crippen molar-refractivity contribution < 1.29 is 5.11 Å². The molecule has 2 fully saturated rings. The zero-order valence-corrected chi connectivity index (χ0v) is 19.9. The van der Waals surface area contributed by atoms with Crippen molar-refractivity contribution in [2.24, 2.45) is 5.10 Å². The zero-order valence-electron chi connectivity index (χ0n) is 16.7. The van der Waals surface area contributed by atoms with E-state index in [9.17, 15) is 5.11 Å². The zero-order chi connectivity index (χ0) is 20.9. The minimum atomic E-state index is 0.162. The average molecular weight is 539 g/mol. The largest absolute Gasteiger partial charge is 0.506 e. The molecule has 10 heteroatoms. The van der Waals surface area contributed by atoms with Crippen molar-refractivity contribution >= 4 is 55.9 Å². The highest BCUT2D eigenvalue weighted by molar-refractivity contribution is 9.11. The minimum absolute atomic E-state index is 0.162. The number of benzene rings is 1. The van der Waals surface area contributed by atoms with Crippen LogP contribution in [0.1, 0.15) is 44.1 Å². The molecule has 0 atom stereocenters. The average Bonchev–Trinajstić information content (AvgIpc) is 2.78. The van der Waals surface area contributed by atoms with E-state index >= 15 is 0 Å². The molecule has 2 N–H and O–H groups in total. The number of phenolic OH excluding ortho intramolecular Hbond substituents is 1. The molecule has 8 nitrogen and oxygen atoms in total. The van der Waals surface area contributed by atoms with Crippen molar-refractivity contribution in [2.45, 2.75) is 38.5 Å². The molecular weight excluding hydrogens is 514 g/mol. The summed E-state index contributed by atoms with van der Waals surface area (Å²) >= 11 is 6.67. The Balaban J connectivity index is 1.56. The van der Waals surface area contributed by atoms with Gasteiger partial charge in [0.05, 0.1) is 15.2 Å². The van der Waals surface area contributed by atoms with Gasteiger partial charge >= 0.3 is 0 Å². The van der Waals surface area contributed by atoms with Gasteiger partial charge in [0.1, 0.15) is 5.75 Å². The number of hydrazone groups is 1. The van der Waals surface area contributed by atoms with Crippen LogP contribution in [0.25, 0.3) is 0 Å². The highest BCUT2D eigenvalue weighted by Gasteiger charge is 2.20. The van der Waals surface area contributed by atoms with Crippen LogP contribution in [0.5, 0.6) is 5.75 Å². The van der Waals surface area contributed by atoms with Gasteiger partial charge in [0.2, 0.25) is 17.8 Å². The van der Waals surface area contributed by atoms with E-state index in [4.69, 9.17) is 4.98 Å². The topological polar surface area (TPSA) is 89.8 Å². The quantitative estimate of drug-likeness (QED) is 0.427. The number of piperidine rings is 2. The van der Waals surface area contributed by atoms with E-state index in [1.165, 1.54) is 12.8 Å². The molecule has 0 amide bonds. The minimum Gasteiger partial charge on any atom is -0.506 e. The van der Waals surface area contributed by atoms with Crippen LogP contribution < -0.4 is 15.2 Å². The number of rotatable bonds is 5. The molecule has 30 heavy (non-hydrogen) atoms. The monoisotopic (exact) mass is 537 g/mol. The van der Waals surface area contributed by atoms with Crippen LogP contribution in [0.15, 0.2) is 26.2 Å². The first-order chi connectivity index (χ1) is 14.6. The second-order valence-corrected chi connectivity index (χ2v) is 9.27. The first-order valence-corrected chi connectivity index (χ1v) is 11.9. The van der Waals surface area contributed by atoms with Crippen LogP contribution in [0.4, 0.5) is 17.8 Å². The highest BCUT2D eigenvalue weighted by atomic mass is 79.9. The summed E-state index contributed by atoms with van der Waals surface area (Å²) in [4.78, 5) is 18.5. The summed E-state index contributed by atoms with van der Waals surface area (Å²) in [5, 5.41) is 14.2. The van der Waals surface area contributed by atoms with Crippen LogP contribution >= 0.6 is 31.9 Å². The lowest BCUT2D eigenvalue weighted by Gasteiger charge is -2.30. The predicted molar refractivity (Wildman–Crippen MR) is 127 cm³/mol. The van der Waals surface area contributed by atoms with Crippen LogP contribution in [-0.4, -0.2) is 52.5 Å². The van der Waals surface area contributed by atoms with E-state index in [1.807, 2.05) is 0 Å². The predicted octanol–water partition coefficient (Wildman–Crippen LogP) is 4.53. The number of hydrogen-bond donors (Lipinski definition) is 2. The Morgan fingerprint density at radius 3 is 1.83 bits per heavy atom. The smallest absolute Gasteiger partial charge is 0.250 e. The van der Waals surface area contributed by atoms with Gasteiger partial charge in [0.25, 0.3) is 0 Å². The molecule has 0 aliphatic carbocycles. The molecule has 0 saturated carbocycles. The lowest BCUT2D eigenvalue weighted by molar-refractivity contribution is 0.468. The number of hydrogen-bond acceptors (Lipinski definition) is 8. The fourth-order valence-corrected chi connectivity index (χ4v) is 4.92. The summed E-state index contributed by atoms with van der Waals surface area (Å²) in [6, 6.07) is 3.58. The molecule has 4 rings (SSSR count). The fourth-order valence-electron chi connectivity index (χ4n) is 3.70. The normalized spacial score (nSPS) is 17.5. The molecule has 3 heterocycles. The fraction of sp³-hybridized carbons (Fsp3) is 0.500. The number of aromatic hydroxyl groups is 1. The Bertz CT molecular complexity index is 853. The lowest BCUT2D eigenvalue weighted by atomic mass is 10.1. The van der Waals surface area contributed by atoms with Gasteiger partial charge in [0, 0.05) is 26.2 Å². The molecule has 0 spiro atoms. The standard InChI is InChI=1S/C20H25Br2N7O/c21-15-11-14(12-16(22)17(15)30)13-23-27-18-24-19(28-7-3-1-4-8-28)26-20(25-18)29-9-5-2-6-10-29/h11-13,30H,1-10H2,(H,24,25,26,27)/b23-13+. The summed E-state index contributed by atoms with van der Waals surface area (Å²) in [7, 11) is 0. The van der Waals surface area contributed by atoms with Crippen molar-refractivity contribution in [3.63, 3.8) is 0 Å². The van der Waals surface area contributed by atoms with Crippen LogP contribution in [0, 0.1) is 0 Å². The summed E-state index contributed by atoms with van der Waals surface area (Å²) in [5.74, 6) is 2.05. The van der Waals surface area contributed by atoms with Gasteiger partial charge in [-0.15, -0.1) is 0 Å². The summed E-state index contributed by atoms with van der Waals surface area (Å²) < 4.78 is 1.19. The van der Waals surface area contributed by atoms with E-state index in [0.717, 1.165) is 69.3 Å². The van der Waals surface area contributed by atoms with Gasteiger partial charge in [0.15, 0.2) is 0 Å². The van der Waals surface area contributed by atoms with Gasteiger partial charge < -0.3 is 14.9 Å². The van der Waals surface area contributed by atoms with Gasteiger partial charge in [-0.2, -0.15) is 20.1 Å². The van der Waals surface area contributed by atoms with Crippen molar-refractivity contribution in [1.29, 1.82) is 0 Å². The Kier molecular flexibility index (Phi) is 7.04. The SMILES string of the molecule is Oc1c(Br)cc(/C=N/Nc2nc(N3CCCCC3)nc(N3CCCCC3)n2)cc1Br. The molecule has 2 aromatic rings. The third kappa shape index (κ3) is 5.21. The summed E-state index contributed by atoms with van der Waals surface area (Å²) in [5.41, 5.74) is 3.79.